The van der Waals surface area contributed by atoms with Crippen molar-refractivity contribution in [2.45, 2.75) is 11.8 Å². The zero-order valence-corrected chi connectivity index (χ0v) is 20.9. The second kappa shape index (κ2) is 10.9. The molecule has 0 saturated carbocycles. The first-order valence-electron chi connectivity index (χ1n) is 11.4. The molecule has 36 heavy (non-hydrogen) atoms. The van der Waals surface area contributed by atoms with Crippen molar-refractivity contribution in [3.8, 4) is 11.5 Å². The van der Waals surface area contributed by atoms with Crippen LogP contribution in [0, 0.1) is 12.7 Å². The number of benzene rings is 3. The van der Waals surface area contributed by atoms with Gasteiger partial charge in [-0.05, 0) is 79.2 Å². The molecule has 10 heteroatoms. The number of amides is 1. The average molecular weight is 514 g/mol. The fourth-order valence-corrected chi connectivity index (χ4v) is 5.06. The molecular formula is C26H28FN3O5S. The Morgan fingerprint density at radius 2 is 1.64 bits per heavy atom. The van der Waals surface area contributed by atoms with Crippen molar-refractivity contribution in [3.05, 3.63) is 78.1 Å². The second-order valence-corrected chi connectivity index (χ2v) is 10.1. The molecule has 0 aliphatic carbocycles. The molecular weight excluding hydrogens is 485 g/mol. The van der Waals surface area contributed by atoms with Crippen molar-refractivity contribution >= 4 is 27.3 Å². The van der Waals surface area contributed by atoms with Gasteiger partial charge in [-0.1, -0.05) is 0 Å². The molecule has 1 saturated heterocycles. The van der Waals surface area contributed by atoms with Crippen LogP contribution < -0.4 is 19.1 Å². The number of hydrogen-bond donors (Lipinski definition) is 1. The van der Waals surface area contributed by atoms with Crippen molar-refractivity contribution in [2.75, 3.05) is 49.5 Å². The number of halogens is 1. The van der Waals surface area contributed by atoms with E-state index in [0.717, 1.165) is 11.4 Å². The predicted octanol–water partition coefficient (Wildman–Crippen LogP) is 3.67. The van der Waals surface area contributed by atoms with Gasteiger partial charge in [0.2, 0.25) is 0 Å². The molecule has 8 nitrogen and oxygen atoms in total. The highest BCUT2D eigenvalue weighted by molar-refractivity contribution is 7.92. The van der Waals surface area contributed by atoms with Gasteiger partial charge in [-0.3, -0.25) is 9.52 Å². The number of nitrogens with zero attached hydrogens (tertiary/aromatic N) is 2. The number of piperazine rings is 1. The van der Waals surface area contributed by atoms with Crippen LogP contribution in [0.3, 0.4) is 0 Å². The van der Waals surface area contributed by atoms with Crippen LogP contribution in [0.1, 0.15) is 5.56 Å². The van der Waals surface area contributed by atoms with Crippen LogP contribution in [0.2, 0.25) is 0 Å². The Labute approximate surface area is 210 Å². The minimum Gasteiger partial charge on any atom is -0.497 e. The van der Waals surface area contributed by atoms with E-state index >= 15 is 0 Å². The summed E-state index contributed by atoms with van der Waals surface area (Å²) in [5.41, 5.74) is 1.92. The summed E-state index contributed by atoms with van der Waals surface area (Å²) >= 11 is 0. The second-order valence-electron chi connectivity index (χ2n) is 8.39. The molecule has 0 atom stereocenters. The van der Waals surface area contributed by atoms with E-state index in [2.05, 4.69) is 9.62 Å². The zero-order valence-electron chi connectivity index (χ0n) is 20.1. The third kappa shape index (κ3) is 6.06. The maximum atomic E-state index is 13.1. The minimum atomic E-state index is -3.86. The van der Waals surface area contributed by atoms with Gasteiger partial charge < -0.3 is 19.3 Å². The molecule has 3 aromatic rings. The Morgan fingerprint density at radius 3 is 2.25 bits per heavy atom. The number of anilines is 2. The van der Waals surface area contributed by atoms with E-state index < -0.39 is 15.8 Å². The van der Waals surface area contributed by atoms with Gasteiger partial charge in [0.25, 0.3) is 15.9 Å². The fourth-order valence-electron chi connectivity index (χ4n) is 3.92. The number of ether oxygens (including phenoxy) is 2. The van der Waals surface area contributed by atoms with E-state index in [0.29, 0.717) is 37.5 Å². The quantitative estimate of drug-likeness (QED) is 0.495. The van der Waals surface area contributed by atoms with Crippen molar-refractivity contribution in [2.24, 2.45) is 0 Å². The molecule has 1 aliphatic heterocycles. The van der Waals surface area contributed by atoms with Crippen molar-refractivity contribution in [1.29, 1.82) is 0 Å². The van der Waals surface area contributed by atoms with Gasteiger partial charge in [-0.25, -0.2) is 12.8 Å². The lowest BCUT2D eigenvalue weighted by Crippen LogP contribution is -2.50. The van der Waals surface area contributed by atoms with E-state index in [1.54, 1.807) is 18.9 Å². The molecule has 1 heterocycles. The van der Waals surface area contributed by atoms with Gasteiger partial charge in [0.15, 0.2) is 6.61 Å². The van der Waals surface area contributed by atoms with Gasteiger partial charge >= 0.3 is 0 Å². The number of rotatable bonds is 8. The number of methoxy groups -OCH3 is 1. The van der Waals surface area contributed by atoms with Crippen molar-refractivity contribution in [3.63, 3.8) is 0 Å². The standard InChI is InChI=1S/C26H28FN3O5S/c1-19-17-24(36(32,33)28-21-5-3-20(27)4-6-21)11-12-25(19)35-18-26(31)30-15-13-29(14-16-30)22-7-9-23(34-2)10-8-22/h3-12,17,28H,13-16,18H2,1-2H3. The van der Waals surface area contributed by atoms with Crippen molar-refractivity contribution in [1.82, 2.24) is 4.90 Å². The summed E-state index contributed by atoms with van der Waals surface area (Å²) in [6.07, 6.45) is 0. The van der Waals surface area contributed by atoms with Crippen LogP contribution >= 0.6 is 0 Å². The van der Waals surface area contributed by atoms with E-state index in [1.807, 2.05) is 24.3 Å². The predicted molar refractivity (Wildman–Crippen MR) is 136 cm³/mol. The Bertz CT molecular complexity index is 1310. The topological polar surface area (TPSA) is 88.2 Å². The summed E-state index contributed by atoms with van der Waals surface area (Å²) in [7, 11) is -2.23. The van der Waals surface area contributed by atoms with Crippen molar-refractivity contribution < 1.29 is 27.1 Å². The van der Waals surface area contributed by atoms with Gasteiger partial charge in [0.1, 0.15) is 17.3 Å². The first-order valence-corrected chi connectivity index (χ1v) is 12.9. The number of sulfonamides is 1. The molecule has 0 radical (unpaired) electrons. The molecule has 1 N–H and O–H groups in total. The average Bonchev–Trinajstić information content (AvgIpc) is 2.89. The summed E-state index contributed by atoms with van der Waals surface area (Å²) in [4.78, 5) is 16.7. The molecule has 0 bridgehead atoms. The molecule has 1 amide bonds. The third-order valence-corrected chi connectivity index (χ3v) is 7.35. The summed E-state index contributed by atoms with van der Waals surface area (Å²) < 4.78 is 51.7. The number of hydrogen-bond acceptors (Lipinski definition) is 6. The normalized spacial score (nSPS) is 13.9. The highest BCUT2D eigenvalue weighted by Crippen LogP contribution is 2.24. The number of carbonyl (C=O) groups excluding carboxylic acids is 1. The van der Waals surface area contributed by atoms with E-state index in [-0.39, 0.29) is 23.1 Å². The van der Waals surface area contributed by atoms with Gasteiger partial charge in [0, 0.05) is 37.6 Å². The maximum Gasteiger partial charge on any atom is 0.261 e. The van der Waals surface area contributed by atoms with Crippen LogP contribution in [0.5, 0.6) is 11.5 Å². The lowest BCUT2D eigenvalue weighted by molar-refractivity contribution is -0.133. The van der Waals surface area contributed by atoms with Crippen LogP contribution in [0.4, 0.5) is 15.8 Å². The number of aryl methyl sites for hydroxylation is 1. The third-order valence-electron chi connectivity index (χ3n) is 5.97. The lowest BCUT2D eigenvalue weighted by atomic mass is 10.2. The molecule has 1 aliphatic rings. The highest BCUT2D eigenvalue weighted by Gasteiger charge is 2.22. The van der Waals surface area contributed by atoms with Crippen LogP contribution in [0.25, 0.3) is 0 Å². The molecule has 1 fully saturated rings. The number of nitrogens with one attached hydrogen (secondary N) is 1. The highest BCUT2D eigenvalue weighted by atomic mass is 32.2. The van der Waals surface area contributed by atoms with Crippen LogP contribution in [-0.4, -0.2) is 59.1 Å². The van der Waals surface area contributed by atoms with Gasteiger partial charge in [-0.15, -0.1) is 0 Å². The Hall–Kier alpha value is -3.79. The molecule has 4 rings (SSSR count). The molecule has 0 unspecified atom stereocenters. The SMILES string of the molecule is COc1ccc(N2CCN(C(=O)COc3ccc(S(=O)(=O)Nc4ccc(F)cc4)cc3C)CC2)cc1. The Morgan fingerprint density at radius 1 is 0.972 bits per heavy atom. The molecule has 3 aromatic carbocycles. The van der Waals surface area contributed by atoms with Gasteiger partial charge in [0.05, 0.1) is 12.0 Å². The van der Waals surface area contributed by atoms with Crippen LogP contribution in [-0.2, 0) is 14.8 Å². The van der Waals surface area contributed by atoms with Crippen LogP contribution in [0.15, 0.2) is 71.6 Å². The molecule has 190 valence electrons. The minimum absolute atomic E-state index is 0.0395. The fraction of sp³-hybridized carbons (Fsp3) is 0.269. The summed E-state index contributed by atoms with van der Waals surface area (Å²) in [6.45, 7) is 4.17. The van der Waals surface area contributed by atoms with E-state index in [1.165, 1.54) is 42.5 Å². The van der Waals surface area contributed by atoms with Gasteiger partial charge in [-0.2, -0.15) is 0 Å². The molecule has 0 aromatic heterocycles. The first kappa shape index (κ1) is 25.3. The Balaban J connectivity index is 1.30. The maximum absolute atomic E-state index is 13.1. The number of carbonyl (C=O) groups is 1. The lowest BCUT2D eigenvalue weighted by Gasteiger charge is -2.36. The van der Waals surface area contributed by atoms with E-state index in [4.69, 9.17) is 9.47 Å². The Kier molecular flexibility index (Phi) is 7.64. The molecule has 0 spiro atoms. The monoisotopic (exact) mass is 513 g/mol. The first-order chi connectivity index (χ1) is 17.2. The summed E-state index contributed by atoms with van der Waals surface area (Å²) in [6, 6.07) is 17.3. The van der Waals surface area contributed by atoms with E-state index in [9.17, 15) is 17.6 Å². The summed E-state index contributed by atoms with van der Waals surface area (Å²) in [5.74, 6) is 0.651. The zero-order chi connectivity index (χ0) is 25.7. The smallest absolute Gasteiger partial charge is 0.261 e. The largest absolute Gasteiger partial charge is 0.497 e. The summed E-state index contributed by atoms with van der Waals surface area (Å²) in [5, 5.41) is 0.